The summed E-state index contributed by atoms with van der Waals surface area (Å²) >= 11 is 9.02. The van der Waals surface area contributed by atoms with Gasteiger partial charge in [-0.3, -0.25) is 4.79 Å². The lowest BCUT2D eigenvalue weighted by molar-refractivity contribution is -0.130. The zero-order valence-electron chi connectivity index (χ0n) is 14.3. The van der Waals surface area contributed by atoms with Crippen molar-refractivity contribution in [1.82, 2.24) is 15.0 Å². The van der Waals surface area contributed by atoms with Crippen molar-refractivity contribution >= 4 is 33.4 Å². The van der Waals surface area contributed by atoms with E-state index in [-0.39, 0.29) is 29.2 Å². The van der Waals surface area contributed by atoms with Gasteiger partial charge >= 0.3 is 0 Å². The molecule has 2 heterocycles. The predicted octanol–water partition coefficient (Wildman–Crippen LogP) is 5.29. The molecule has 1 saturated heterocycles. The highest BCUT2D eigenvalue weighted by atomic mass is 79.9. The average molecular weight is 469 g/mol. The Morgan fingerprint density at radius 3 is 2.79 bits per heavy atom. The molecule has 1 aliphatic rings. The van der Waals surface area contributed by atoms with Gasteiger partial charge in [-0.2, -0.15) is 4.98 Å². The number of likely N-dealkylation sites (tertiary alicyclic amines) is 1. The van der Waals surface area contributed by atoms with Crippen molar-refractivity contribution in [3.63, 3.8) is 0 Å². The number of hydrogen-bond acceptors (Lipinski definition) is 4. The number of halogens is 4. The maximum Gasteiger partial charge on any atom is 0.249 e. The van der Waals surface area contributed by atoms with Crippen molar-refractivity contribution in [2.75, 3.05) is 0 Å². The summed E-state index contributed by atoms with van der Waals surface area (Å²) in [5.41, 5.74) is 0.893. The minimum Gasteiger partial charge on any atom is -0.337 e. The molecular formula is C19H13BrClF2N3O2. The van der Waals surface area contributed by atoms with E-state index in [2.05, 4.69) is 26.1 Å². The Morgan fingerprint density at radius 1 is 1.21 bits per heavy atom. The van der Waals surface area contributed by atoms with Crippen molar-refractivity contribution < 1.29 is 18.1 Å². The third kappa shape index (κ3) is 3.66. The van der Waals surface area contributed by atoms with E-state index in [1.807, 2.05) is 0 Å². The number of aromatic nitrogens is 2. The standard InChI is InChI=1S/C19H13BrClF2N3O2/c20-12-3-1-11(15(23)8-12)9-26-16(5-6-17(26)27)19-24-18(25-28-19)10-2-4-14(22)13(21)7-10/h1-4,7-8,16H,5-6,9H2. The maximum absolute atomic E-state index is 14.2. The molecule has 4 rings (SSSR count). The van der Waals surface area contributed by atoms with Crippen LogP contribution < -0.4 is 0 Å². The highest BCUT2D eigenvalue weighted by Gasteiger charge is 2.36. The van der Waals surface area contributed by atoms with Crippen molar-refractivity contribution in [3.05, 3.63) is 69.0 Å². The molecule has 0 bridgehead atoms. The van der Waals surface area contributed by atoms with Gasteiger partial charge in [-0.15, -0.1) is 0 Å². The second-order valence-corrected chi connectivity index (χ2v) is 7.72. The molecule has 5 nitrogen and oxygen atoms in total. The van der Waals surface area contributed by atoms with Crippen LogP contribution in [0.3, 0.4) is 0 Å². The summed E-state index contributed by atoms with van der Waals surface area (Å²) in [6.07, 6.45) is 0.797. The molecule has 0 aliphatic carbocycles. The van der Waals surface area contributed by atoms with Gasteiger partial charge in [-0.05, 0) is 36.8 Å². The van der Waals surface area contributed by atoms with Crippen LogP contribution in [-0.2, 0) is 11.3 Å². The summed E-state index contributed by atoms with van der Waals surface area (Å²) in [6, 6.07) is 8.36. The number of rotatable bonds is 4. The third-order valence-electron chi connectivity index (χ3n) is 4.59. The first-order chi connectivity index (χ1) is 13.4. The first-order valence-electron chi connectivity index (χ1n) is 8.45. The lowest BCUT2D eigenvalue weighted by Gasteiger charge is -2.22. The van der Waals surface area contributed by atoms with Crippen molar-refractivity contribution in [1.29, 1.82) is 0 Å². The number of carbonyl (C=O) groups excluding carboxylic acids is 1. The molecule has 1 atom stereocenters. The van der Waals surface area contributed by atoms with E-state index in [0.29, 0.717) is 28.4 Å². The molecule has 28 heavy (non-hydrogen) atoms. The SMILES string of the molecule is O=C1CCC(c2nc(-c3ccc(F)c(Cl)c3)no2)N1Cc1ccc(Br)cc1F. The number of amides is 1. The number of benzene rings is 2. The molecule has 1 aliphatic heterocycles. The fourth-order valence-electron chi connectivity index (χ4n) is 3.15. The molecule has 0 saturated carbocycles. The Morgan fingerprint density at radius 2 is 2.04 bits per heavy atom. The number of carbonyl (C=O) groups is 1. The monoisotopic (exact) mass is 467 g/mol. The minimum atomic E-state index is -0.543. The highest BCUT2D eigenvalue weighted by Crippen LogP contribution is 2.35. The van der Waals surface area contributed by atoms with Crippen LogP contribution in [0, 0.1) is 11.6 Å². The molecule has 0 radical (unpaired) electrons. The fourth-order valence-corrected chi connectivity index (χ4v) is 3.66. The van der Waals surface area contributed by atoms with Crippen molar-refractivity contribution in [2.24, 2.45) is 0 Å². The minimum absolute atomic E-state index is 0.0489. The summed E-state index contributed by atoms with van der Waals surface area (Å²) in [4.78, 5) is 18.2. The summed E-state index contributed by atoms with van der Waals surface area (Å²) in [7, 11) is 0. The van der Waals surface area contributed by atoms with Crippen LogP contribution in [0.1, 0.15) is 30.3 Å². The van der Waals surface area contributed by atoms with Crippen LogP contribution in [0.2, 0.25) is 5.02 Å². The lowest BCUT2D eigenvalue weighted by atomic mass is 10.1. The normalized spacial score (nSPS) is 16.8. The molecule has 0 N–H and O–H groups in total. The molecule has 144 valence electrons. The van der Waals surface area contributed by atoms with Gasteiger partial charge in [0.25, 0.3) is 0 Å². The van der Waals surface area contributed by atoms with E-state index in [1.54, 1.807) is 12.1 Å². The molecule has 2 aromatic carbocycles. The Hall–Kier alpha value is -2.32. The van der Waals surface area contributed by atoms with Crippen LogP contribution in [0.4, 0.5) is 8.78 Å². The largest absolute Gasteiger partial charge is 0.337 e. The van der Waals surface area contributed by atoms with E-state index in [9.17, 15) is 13.6 Å². The molecule has 3 aromatic rings. The Bertz CT molecular complexity index is 1060. The maximum atomic E-state index is 14.2. The molecule has 1 aromatic heterocycles. The van der Waals surface area contributed by atoms with Crippen LogP contribution >= 0.6 is 27.5 Å². The van der Waals surface area contributed by atoms with Gasteiger partial charge in [0, 0.05) is 28.6 Å². The second kappa shape index (κ2) is 7.60. The Kier molecular flexibility index (Phi) is 5.16. The van der Waals surface area contributed by atoms with E-state index < -0.39 is 17.7 Å². The molecular weight excluding hydrogens is 456 g/mol. The lowest BCUT2D eigenvalue weighted by Crippen LogP contribution is -2.27. The number of nitrogens with zero attached hydrogens (tertiary/aromatic N) is 3. The topological polar surface area (TPSA) is 59.2 Å². The van der Waals surface area contributed by atoms with Gasteiger partial charge in [-0.1, -0.05) is 38.8 Å². The van der Waals surface area contributed by atoms with Gasteiger partial charge in [0.1, 0.15) is 17.7 Å². The van der Waals surface area contributed by atoms with Gasteiger partial charge in [0.15, 0.2) is 0 Å². The van der Waals surface area contributed by atoms with Crippen LogP contribution in [0.25, 0.3) is 11.4 Å². The second-order valence-electron chi connectivity index (χ2n) is 6.40. The smallest absolute Gasteiger partial charge is 0.249 e. The molecule has 9 heteroatoms. The average Bonchev–Trinajstić information content (AvgIpc) is 3.27. The molecule has 0 spiro atoms. The first kappa shape index (κ1) is 19.0. The predicted molar refractivity (Wildman–Crippen MR) is 101 cm³/mol. The zero-order chi connectivity index (χ0) is 19.8. The first-order valence-corrected chi connectivity index (χ1v) is 9.62. The van der Waals surface area contributed by atoms with Crippen molar-refractivity contribution in [2.45, 2.75) is 25.4 Å². The Balaban J connectivity index is 1.60. The van der Waals surface area contributed by atoms with Gasteiger partial charge < -0.3 is 9.42 Å². The van der Waals surface area contributed by atoms with E-state index in [0.717, 1.165) is 0 Å². The van der Waals surface area contributed by atoms with Gasteiger partial charge in [-0.25, -0.2) is 8.78 Å². The number of hydrogen-bond donors (Lipinski definition) is 0. The van der Waals surface area contributed by atoms with E-state index in [1.165, 1.54) is 29.2 Å². The quantitative estimate of drug-likeness (QED) is 0.522. The third-order valence-corrected chi connectivity index (χ3v) is 5.37. The molecule has 1 unspecified atom stereocenters. The van der Waals surface area contributed by atoms with Crippen LogP contribution in [-0.4, -0.2) is 20.9 Å². The summed E-state index contributed by atoms with van der Waals surface area (Å²) < 4.78 is 33.5. The van der Waals surface area contributed by atoms with E-state index in [4.69, 9.17) is 16.1 Å². The van der Waals surface area contributed by atoms with Crippen LogP contribution in [0.15, 0.2) is 45.4 Å². The fraction of sp³-hybridized carbons (Fsp3) is 0.211. The molecule has 1 fully saturated rings. The molecule has 1 amide bonds. The zero-order valence-corrected chi connectivity index (χ0v) is 16.7. The van der Waals surface area contributed by atoms with Crippen LogP contribution in [0.5, 0.6) is 0 Å². The van der Waals surface area contributed by atoms with Gasteiger partial charge in [0.2, 0.25) is 17.6 Å². The highest BCUT2D eigenvalue weighted by molar-refractivity contribution is 9.10. The summed E-state index contributed by atoms with van der Waals surface area (Å²) in [5, 5.41) is 3.86. The Labute approximate surface area is 172 Å². The summed E-state index contributed by atoms with van der Waals surface area (Å²) in [5.74, 6) is -0.569. The van der Waals surface area contributed by atoms with E-state index >= 15 is 0 Å². The van der Waals surface area contributed by atoms with Gasteiger partial charge in [0.05, 0.1) is 5.02 Å². The van der Waals surface area contributed by atoms with Crippen molar-refractivity contribution in [3.8, 4) is 11.4 Å². The summed E-state index contributed by atoms with van der Waals surface area (Å²) in [6.45, 7) is 0.0999.